The molecule has 0 atom stereocenters. The summed E-state index contributed by atoms with van der Waals surface area (Å²) in [6, 6.07) is 7.36. The third kappa shape index (κ3) is 4.12. The van der Waals surface area contributed by atoms with Gasteiger partial charge in [0.15, 0.2) is 10.8 Å². The van der Waals surface area contributed by atoms with Crippen LogP contribution >= 0.6 is 22.7 Å². The molecule has 27 heavy (non-hydrogen) atoms. The zero-order chi connectivity index (χ0) is 18.6. The normalized spacial score (nSPS) is 15.0. The lowest BCUT2D eigenvalue weighted by atomic mass is 9.97. The van der Waals surface area contributed by atoms with Crippen LogP contribution in [0.5, 0.6) is 0 Å². The molecule has 8 heteroatoms. The molecular weight excluding hydrogens is 384 g/mol. The molecule has 0 radical (unpaired) electrons. The number of esters is 1. The number of rotatable bonds is 5. The van der Waals surface area contributed by atoms with E-state index in [1.165, 1.54) is 22.7 Å². The van der Waals surface area contributed by atoms with Crippen LogP contribution in [0.2, 0.25) is 0 Å². The minimum Gasteiger partial charge on any atom is -0.462 e. The van der Waals surface area contributed by atoms with Gasteiger partial charge in [-0.05, 0) is 36.4 Å². The number of carbonyl (C=O) groups is 2. The van der Waals surface area contributed by atoms with Crippen LogP contribution in [0.3, 0.4) is 0 Å². The maximum Gasteiger partial charge on any atom is 0.309 e. The van der Waals surface area contributed by atoms with Gasteiger partial charge in [-0.3, -0.25) is 9.59 Å². The number of carbonyl (C=O) groups excluding carboxylic acids is 2. The highest BCUT2D eigenvalue weighted by Gasteiger charge is 2.29. The third-order valence-corrected chi connectivity index (χ3v) is 6.26. The maximum atomic E-state index is 12.4. The lowest BCUT2D eigenvalue weighted by molar-refractivity contribution is -0.151. The Labute approximate surface area is 164 Å². The van der Waals surface area contributed by atoms with Crippen LogP contribution in [-0.2, 0) is 16.1 Å². The Morgan fingerprint density at radius 2 is 2.07 bits per heavy atom. The van der Waals surface area contributed by atoms with Gasteiger partial charge in [0.05, 0.1) is 22.8 Å². The van der Waals surface area contributed by atoms with Crippen molar-refractivity contribution in [3.05, 3.63) is 51.9 Å². The summed E-state index contributed by atoms with van der Waals surface area (Å²) in [7, 11) is 0. The highest BCUT2D eigenvalue weighted by atomic mass is 32.1. The Bertz CT molecular complexity index is 894. The zero-order valence-corrected chi connectivity index (χ0v) is 16.1. The number of hydrogen-bond donors (Lipinski definition) is 0. The van der Waals surface area contributed by atoms with E-state index in [1.54, 1.807) is 6.26 Å². The van der Waals surface area contributed by atoms with E-state index < -0.39 is 0 Å². The van der Waals surface area contributed by atoms with Crippen molar-refractivity contribution in [1.29, 1.82) is 0 Å². The SMILES string of the molecule is O=C(OCc1csc(-c2ccco2)n1)C1CCN(C(=O)c2cccs2)CC1. The van der Waals surface area contributed by atoms with Crippen molar-refractivity contribution < 1.29 is 18.7 Å². The molecule has 0 aromatic carbocycles. The molecule has 0 saturated carbocycles. The second-order valence-electron chi connectivity index (χ2n) is 6.27. The fraction of sp³-hybridized carbons (Fsp3) is 0.316. The van der Waals surface area contributed by atoms with Crippen LogP contribution in [0.25, 0.3) is 10.8 Å². The maximum absolute atomic E-state index is 12.4. The summed E-state index contributed by atoms with van der Waals surface area (Å²) in [5.74, 6) is 0.372. The number of furan rings is 1. The number of thiophene rings is 1. The van der Waals surface area contributed by atoms with Crippen LogP contribution in [0, 0.1) is 5.92 Å². The monoisotopic (exact) mass is 402 g/mol. The average Bonchev–Trinajstić information content (AvgIpc) is 3.47. The van der Waals surface area contributed by atoms with E-state index >= 15 is 0 Å². The van der Waals surface area contributed by atoms with Gasteiger partial charge in [0.1, 0.15) is 6.61 Å². The van der Waals surface area contributed by atoms with Gasteiger partial charge in [0.2, 0.25) is 0 Å². The standard InChI is InChI=1S/C19H18N2O4S2/c22-18(16-4-2-10-26-16)21-7-5-13(6-8-21)19(23)25-11-14-12-27-17(20-14)15-3-1-9-24-15/h1-4,9-10,12-13H,5-8,11H2. The first-order valence-corrected chi connectivity index (χ1v) is 10.4. The molecule has 1 fully saturated rings. The molecule has 1 saturated heterocycles. The number of piperidine rings is 1. The second kappa shape index (κ2) is 8.06. The molecule has 0 bridgehead atoms. The molecule has 0 N–H and O–H groups in total. The smallest absolute Gasteiger partial charge is 0.309 e. The van der Waals surface area contributed by atoms with Gasteiger partial charge in [-0.15, -0.1) is 22.7 Å². The number of thiazole rings is 1. The average molecular weight is 402 g/mol. The summed E-state index contributed by atoms with van der Waals surface area (Å²) in [5.41, 5.74) is 0.713. The van der Waals surface area contributed by atoms with Crippen molar-refractivity contribution in [2.45, 2.75) is 19.4 Å². The van der Waals surface area contributed by atoms with Crippen molar-refractivity contribution in [3.63, 3.8) is 0 Å². The second-order valence-corrected chi connectivity index (χ2v) is 8.08. The first-order valence-electron chi connectivity index (χ1n) is 8.68. The van der Waals surface area contributed by atoms with E-state index in [0.717, 1.165) is 9.88 Å². The first-order chi connectivity index (χ1) is 13.2. The predicted molar refractivity (Wildman–Crippen MR) is 103 cm³/mol. The Kier molecular flexibility index (Phi) is 5.35. The summed E-state index contributed by atoms with van der Waals surface area (Å²) in [5, 5.41) is 4.53. The number of ether oxygens (including phenoxy) is 1. The number of aromatic nitrogens is 1. The fourth-order valence-corrected chi connectivity index (χ4v) is 4.49. The number of nitrogens with zero attached hydrogens (tertiary/aromatic N) is 2. The van der Waals surface area contributed by atoms with E-state index in [0.29, 0.717) is 37.4 Å². The van der Waals surface area contributed by atoms with Crippen LogP contribution in [0.15, 0.2) is 45.7 Å². The Morgan fingerprint density at radius 1 is 1.22 bits per heavy atom. The lowest BCUT2D eigenvalue weighted by Crippen LogP contribution is -2.40. The number of hydrogen-bond acceptors (Lipinski definition) is 7. The van der Waals surface area contributed by atoms with Gasteiger partial charge >= 0.3 is 5.97 Å². The number of likely N-dealkylation sites (tertiary alicyclic amines) is 1. The summed E-state index contributed by atoms with van der Waals surface area (Å²) < 4.78 is 10.8. The molecule has 0 spiro atoms. The van der Waals surface area contributed by atoms with Crippen molar-refractivity contribution in [2.24, 2.45) is 5.92 Å². The molecule has 0 aliphatic carbocycles. The largest absolute Gasteiger partial charge is 0.462 e. The Hall–Kier alpha value is -2.45. The van der Waals surface area contributed by atoms with E-state index in [4.69, 9.17) is 9.15 Å². The highest BCUT2D eigenvalue weighted by Crippen LogP contribution is 2.25. The Balaban J connectivity index is 1.26. The first kappa shape index (κ1) is 17.9. The summed E-state index contributed by atoms with van der Waals surface area (Å²) >= 11 is 2.90. The molecule has 1 aliphatic rings. The fourth-order valence-electron chi connectivity index (χ4n) is 3.02. The van der Waals surface area contributed by atoms with Crippen LogP contribution in [0.1, 0.15) is 28.2 Å². The molecule has 1 aliphatic heterocycles. The minimum atomic E-state index is -0.217. The van der Waals surface area contributed by atoms with Crippen molar-refractivity contribution in [3.8, 4) is 10.8 Å². The summed E-state index contributed by atoms with van der Waals surface area (Å²) in [6.07, 6.45) is 2.86. The molecule has 1 amide bonds. The molecule has 4 heterocycles. The highest BCUT2D eigenvalue weighted by molar-refractivity contribution is 7.13. The third-order valence-electron chi connectivity index (χ3n) is 4.49. The van der Waals surface area contributed by atoms with Crippen molar-refractivity contribution in [2.75, 3.05) is 13.1 Å². The molecule has 3 aromatic heterocycles. The zero-order valence-electron chi connectivity index (χ0n) is 14.5. The molecular formula is C19H18N2O4S2. The van der Waals surface area contributed by atoms with Crippen molar-refractivity contribution >= 4 is 34.6 Å². The lowest BCUT2D eigenvalue weighted by Gasteiger charge is -2.30. The van der Waals surface area contributed by atoms with Crippen molar-refractivity contribution in [1.82, 2.24) is 9.88 Å². The predicted octanol–water partition coefficient (Wildman–Crippen LogP) is 4.06. The minimum absolute atomic E-state index is 0.0461. The van der Waals surface area contributed by atoms with E-state index in [9.17, 15) is 9.59 Å². The van der Waals surface area contributed by atoms with Gasteiger partial charge in [0, 0.05) is 18.5 Å². The van der Waals surface area contributed by atoms with Gasteiger partial charge in [-0.1, -0.05) is 6.07 Å². The van der Waals surface area contributed by atoms with Crippen LogP contribution in [-0.4, -0.2) is 34.8 Å². The van der Waals surface area contributed by atoms with Gasteiger partial charge in [-0.2, -0.15) is 0 Å². The van der Waals surface area contributed by atoms with E-state index in [-0.39, 0.29) is 24.4 Å². The van der Waals surface area contributed by atoms with Gasteiger partial charge in [-0.25, -0.2) is 4.98 Å². The van der Waals surface area contributed by atoms with Gasteiger partial charge in [0.25, 0.3) is 5.91 Å². The molecule has 4 rings (SSSR count). The Morgan fingerprint density at radius 3 is 2.78 bits per heavy atom. The van der Waals surface area contributed by atoms with E-state index in [2.05, 4.69) is 4.98 Å². The van der Waals surface area contributed by atoms with Gasteiger partial charge < -0.3 is 14.1 Å². The summed E-state index contributed by atoms with van der Waals surface area (Å²) in [6.45, 7) is 1.32. The quantitative estimate of drug-likeness (QED) is 0.602. The topological polar surface area (TPSA) is 72.6 Å². The molecule has 140 valence electrons. The van der Waals surface area contributed by atoms with E-state index in [1.807, 2.05) is 39.9 Å². The van der Waals surface area contributed by atoms with Crippen LogP contribution < -0.4 is 0 Å². The molecule has 3 aromatic rings. The molecule has 6 nitrogen and oxygen atoms in total. The summed E-state index contributed by atoms with van der Waals surface area (Å²) in [4.78, 5) is 31.7. The molecule has 0 unspecified atom stereocenters. The number of amides is 1. The van der Waals surface area contributed by atoms with Crippen LogP contribution in [0.4, 0.5) is 0 Å².